The first-order valence-electron chi connectivity index (χ1n) is 5.42. The van der Waals surface area contributed by atoms with Crippen molar-refractivity contribution in [2.45, 2.75) is 31.6 Å². The lowest BCUT2D eigenvalue weighted by Crippen LogP contribution is -2.13. The number of aliphatic carboxylic acids is 1. The molecule has 90 valence electrons. The van der Waals surface area contributed by atoms with Crippen LogP contribution in [0.4, 0.5) is 5.69 Å². The van der Waals surface area contributed by atoms with Crippen LogP contribution in [0.5, 0.6) is 0 Å². The minimum atomic E-state index is -0.856. The zero-order valence-corrected chi connectivity index (χ0v) is 9.47. The first-order valence-corrected chi connectivity index (χ1v) is 5.42. The number of nitro benzene ring substituents is 1. The second-order valence-electron chi connectivity index (χ2n) is 4.61. The van der Waals surface area contributed by atoms with Crippen LogP contribution < -0.4 is 0 Å². The van der Waals surface area contributed by atoms with Gasteiger partial charge in [0.2, 0.25) is 0 Å². The van der Waals surface area contributed by atoms with E-state index in [1.54, 1.807) is 19.1 Å². The van der Waals surface area contributed by atoms with Crippen LogP contribution in [-0.4, -0.2) is 16.0 Å². The molecule has 0 amide bonds. The zero-order chi connectivity index (χ0) is 12.6. The lowest BCUT2D eigenvalue weighted by Gasteiger charge is -2.13. The third-order valence-electron chi connectivity index (χ3n) is 3.36. The van der Waals surface area contributed by atoms with Gasteiger partial charge in [-0.1, -0.05) is 12.1 Å². The first-order chi connectivity index (χ1) is 7.94. The molecule has 1 aromatic rings. The predicted molar refractivity (Wildman–Crippen MR) is 61.0 cm³/mol. The van der Waals surface area contributed by atoms with Crippen LogP contribution in [0, 0.1) is 17.0 Å². The Morgan fingerprint density at radius 2 is 2.18 bits per heavy atom. The molecule has 0 unspecified atom stereocenters. The number of carbonyl (C=O) groups is 1. The summed E-state index contributed by atoms with van der Waals surface area (Å²) in [5.41, 5.74) is 1.07. The number of hydrogen-bond donors (Lipinski definition) is 1. The lowest BCUT2D eigenvalue weighted by molar-refractivity contribution is -0.385. The summed E-state index contributed by atoms with van der Waals surface area (Å²) in [4.78, 5) is 21.2. The maximum Gasteiger partial charge on any atom is 0.304 e. The van der Waals surface area contributed by atoms with Crippen LogP contribution in [0.15, 0.2) is 18.2 Å². The molecule has 1 N–H and O–H groups in total. The van der Waals surface area contributed by atoms with Crippen molar-refractivity contribution < 1.29 is 14.8 Å². The highest BCUT2D eigenvalue weighted by molar-refractivity contribution is 5.70. The summed E-state index contributed by atoms with van der Waals surface area (Å²) in [7, 11) is 0. The monoisotopic (exact) mass is 235 g/mol. The van der Waals surface area contributed by atoms with Crippen molar-refractivity contribution in [3.05, 3.63) is 39.4 Å². The molecular weight excluding hydrogens is 222 g/mol. The summed E-state index contributed by atoms with van der Waals surface area (Å²) in [6.07, 6.45) is 1.63. The van der Waals surface area contributed by atoms with Gasteiger partial charge in [0.25, 0.3) is 5.69 Å². The van der Waals surface area contributed by atoms with Crippen molar-refractivity contribution >= 4 is 11.7 Å². The summed E-state index contributed by atoms with van der Waals surface area (Å²) >= 11 is 0. The minimum Gasteiger partial charge on any atom is -0.481 e. The van der Waals surface area contributed by atoms with E-state index < -0.39 is 10.9 Å². The second kappa shape index (κ2) is 3.84. The molecule has 1 aliphatic carbocycles. The second-order valence-corrected chi connectivity index (χ2v) is 4.61. The van der Waals surface area contributed by atoms with Gasteiger partial charge in [-0.05, 0) is 25.3 Å². The average Bonchev–Trinajstić information content (AvgIpc) is 2.97. The molecule has 0 saturated heterocycles. The third kappa shape index (κ3) is 2.13. The number of carboxylic acid groups (broad SMARTS) is 1. The van der Waals surface area contributed by atoms with Gasteiger partial charge in [0.15, 0.2) is 0 Å². The molecule has 1 fully saturated rings. The molecule has 2 rings (SSSR count). The van der Waals surface area contributed by atoms with E-state index in [0.717, 1.165) is 18.4 Å². The van der Waals surface area contributed by atoms with E-state index in [4.69, 9.17) is 5.11 Å². The van der Waals surface area contributed by atoms with Gasteiger partial charge in [0.05, 0.1) is 11.3 Å². The Labute approximate surface area is 98.2 Å². The molecule has 0 bridgehead atoms. The summed E-state index contributed by atoms with van der Waals surface area (Å²) in [5, 5.41) is 19.7. The number of benzene rings is 1. The molecule has 0 atom stereocenters. The number of hydrogen-bond acceptors (Lipinski definition) is 3. The molecule has 0 heterocycles. The van der Waals surface area contributed by atoms with Crippen LogP contribution in [0.2, 0.25) is 0 Å². The molecule has 0 aliphatic heterocycles. The molecule has 1 aliphatic rings. The topological polar surface area (TPSA) is 80.4 Å². The van der Waals surface area contributed by atoms with Gasteiger partial charge in [-0.2, -0.15) is 0 Å². The van der Waals surface area contributed by atoms with Gasteiger partial charge < -0.3 is 5.11 Å². The van der Waals surface area contributed by atoms with E-state index in [9.17, 15) is 14.9 Å². The van der Waals surface area contributed by atoms with E-state index in [2.05, 4.69) is 0 Å². The smallest absolute Gasteiger partial charge is 0.304 e. The minimum absolute atomic E-state index is 0.0488. The molecule has 5 heteroatoms. The van der Waals surface area contributed by atoms with Crippen molar-refractivity contribution in [3.8, 4) is 0 Å². The van der Waals surface area contributed by atoms with Crippen LogP contribution >= 0.6 is 0 Å². The van der Waals surface area contributed by atoms with Crippen LogP contribution in [0.3, 0.4) is 0 Å². The number of rotatable bonds is 4. The van der Waals surface area contributed by atoms with E-state index in [-0.39, 0.29) is 17.5 Å². The summed E-state index contributed by atoms with van der Waals surface area (Å²) in [5.74, 6) is -0.856. The fourth-order valence-electron chi connectivity index (χ4n) is 2.14. The number of nitrogens with zero attached hydrogens (tertiary/aromatic N) is 1. The molecule has 0 aromatic heterocycles. The summed E-state index contributed by atoms with van der Waals surface area (Å²) < 4.78 is 0. The number of carboxylic acids is 1. The Hall–Kier alpha value is -1.91. The van der Waals surface area contributed by atoms with Crippen LogP contribution in [0.25, 0.3) is 0 Å². The SMILES string of the molecule is Cc1ccc(C2(CC(=O)O)CC2)cc1[N+](=O)[O-]. The Balaban J connectivity index is 2.37. The highest BCUT2D eigenvalue weighted by Crippen LogP contribution is 2.51. The summed E-state index contributed by atoms with van der Waals surface area (Å²) in [6.45, 7) is 1.68. The molecule has 17 heavy (non-hydrogen) atoms. The van der Waals surface area contributed by atoms with Gasteiger partial charge in [-0.25, -0.2) is 0 Å². The third-order valence-corrected chi connectivity index (χ3v) is 3.36. The normalized spacial score (nSPS) is 16.5. The van der Waals surface area contributed by atoms with Crippen molar-refractivity contribution in [2.75, 3.05) is 0 Å². The van der Waals surface area contributed by atoms with Gasteiger partial charge in [0.1, 0.15) is 0 Å². The fraction of sp³-hybridized carbons (Fsp3) is 0.417. The molecule has 1 saturated carbocycles. The molecule has 0 spiro atoms. The van der Waals surface area contributed by atoms with Gasteiger partial charge >= 0.3 is 5.97 Å². The highest BCUT2D eigenvalue weighted by Gasteiger charge is 2.46. The van der Waals surface area contributed by atoms with Crippen molar-refractivity contribution in [2.24, 2.45) is 0 Å². The van der Waals surface area contributed by atoms with Crippen molar-refractivity contribution in [1.29, 1.82) is 0 Å². The van der Waals surface area contributed by atoms with Gasteiger partial charge in [-0.15, -0.1) is 0 Å². The molecule has 5 nitrogen and oxygen atoms in total. The Kier molecular flexibility index (Phi) is 2.61. The van der Waals surface area contributed by atoms with E-state index >= 15 is 0 Å². The predicted octanol–water partition coefficient (Wildman–Crippen LogP) is 2.41. The Bertz CT molecular complexity index is 491. The van der Waals surface area contributed by atoms with E-state index in [1.165, 1.54) is 6.07 Å². The Morgan fingerprint density at radius 1 is 1.53 bits per heavy atom. The van der Waals surface area contributed by atoms with Crippen molar-refractivity contribution in [1.82, 2.24) is 0 Å². The van der Waals surface area contributed by atoms with Crippen LogP contribution in [0.1, 0.15) is 30.4 Å². The Morgan fingerprint density at radius 3 is 2.65 bits per heavy atom. The van der Waals surface area contributed by atoms with Gasteiger partial charge in [-0.3, -0.25) is 14.9 Å². The molecular formula is C12H13NO4. The van der Waals surface area contributed by atoms with Crippen LogP contribution in [-0.2, 0) is 10.2 Å². The quantitative estimate of drug-likeness (QED) is 0.641. The first kappa shape index (κ1) is 11.6. The maximum atomic E-state index is 10.8. The largest absolute Gasteiger partial charge is 0.481 e. The zero-order valence-electron chi connectivity index (χ0n) is 9.47. The average molecular weight is 235 g/mol. The summed E-state index contributed by atoms with van der Waals surface area (Å²) in [6, 6.07) is 5.01. The fourth-order valence-corrected chi connectivity index (χ4v) is 2.14. The standard InChI is InChI=1S/C12H13NO4/c1-8-2-3-9(6-10(8)13(16)17)12(4-5-12)7-11(14)15/h2-3,6H,4-5,7H2,1H3,(H,14,15). The molecule has 0 radical (unpaired) electrons. The molecule has 1 aromatic carbocycles. The maximum absolute atomic E-state index is 10.8. The highest BCUT2D eigenvalue weighted by atomic mass is 16.6. The number of nitro groups is 1. The number of aryl methyl sites for hydroxylation is 1. The lowest BCUT2D eigenvalue weighted by atomic mass is 9.91. The van der Waals surface area contributed by atoms with Gasteiger partial charge in [0, 0.05) is 17.0 Å². The van der Waals surface area contributed by atoms with Crippen molar-refractivity contribution in [3.63, 3.8) is 0 Å². The van der Waals surface area contributed by atoms with E-state index in [0.29, 0.717) is 5.56 Å². The van der Waals surface area contributed by atoms with E-state index in [1.807, 2.05) is 0 Å².